The lowest BCUT2D eigenvalue weighted by Crippen LogP contribution is -2.46. The number of fused-ring (bicyclic) bond motifs is 2. The highest BCUT2D eigenvalue weighted by molar-refractivity contribution is 7.89. The van der Waals surface area contributed by atoms with Gasteiger partial charge >= 0.3 is 12.1 Å². The number of para-hydroxylation sites is 1. The smallest absolute Gasteiger partial charge is 0.490 e. The summed E-state index contributed by atoms with van der Waals surface area (Å²) in [6, 6.07) is 15.0. The number of ether oxygens (including phenoxy) is 2. The first-order valence-corrected chi connectivity index (χ1v) is 12.8. The highest BCUT2D eigenvalue weighted by atomic mass is 32.2. The fourth-order valence-electron chi connectivity index (χ4n) is 4.36. The zero-order valence-electron chi connectivity index (χ0n) is 19.9. The first-order chi connectivity index (χ1) is 17.0. The van der Waals surface area contributed by atoms with Crippen LogP contribution in [0.4, 0.5) is 13.2 Å². The third-order valence-electron chi connectivity index (χ3n) is 6.10. The third kappa shape index (κ3) is 6.48. The van der Waals surface area contributed by atoms with Crippen molar-refractivity contribution in [3.63, 3.8) is 0 Å². The molecule has 198 valence electrons. The number of hydrogen-bond donors (Lipinski definition) is 1. The number of alkyl halides is 3. The maximum Gasteiger partial charge on any atom is 0.490 e. The minimum Gasteiger partial charge on any atom is -0.497 e. The molecule has 0 bridgehead atoms. The van der Waals surface area contributed by atoms with Crippen molar-refractivity contribution in [1.29, 1.82) is 0 Å². The minimum absolute atomic E-state index is 0.144. The molecular weight excluding hydrogens is 501 g/mol. The van der Waals surface area contributed by atoms with Crippen LogP contribution in [-0.4, -0.2) is 73.8 Å². The van der Waals surface area contributed by atoms with Gasteiger partial charge in [0, 0.05) is 26.2 Å². The van der Waals surface area contributed by atoms with Gasteiger partial charge in [-0.05, 0) is 42.7 Å². The molecule has 2 atom stereocenters. The van der Waals surface area contributed by atoms with Crippen LogP contribution in [-0.2, 0) is 21.4 Å². The van der Waals surface area contributed by atoms with Crippen LogP contribution >= 0.6 is 0 Å². The van der Waals surface area contributed by atoms with Gasteiger partial charge in [0.15, 0.2) is 0 Å². The Bertz CT molecular complexity index is 1140. The number of halogens is 3. The van der Waals surface area contributed by atoms with Gasteiger partial charge in [-0.25, -0.2) is 13.2 Å². The Kier molecular flexibility index (Phi) is 8.85. The zero-order chi connectivity index (χ0) is 26.5. The van der Waals surface area contributed by atoms with Crippen LogP contribution in [0, 0.1) is 0 Å². The van der Waals surface area contributed by atoms with Gasteiger partial charge in [-0.1, -0.05) is 31.2 Å². The summed E-state index contributed by atoms with van der Waals surface area (Å²) in [5.74, 6) is -1.43. The summed E-state index contributed by atoms with van der Waals surface area (Å²) in [4.78, 5) is 11.6. The van der Waals surface area contributed by atoms with Gasteiger partial charge in [-0.3, -0.25) is 4.90 Å². The van der Waals surface area contributed by atoms with Crippen LogP contribution in [0.5, 0.6) is 11.5 Å². The second-order valence-electron chi connectivity index (χ2n) is 8.38. The fourth-order valence-corrected chi connectivity index (χ4v) is 6.17. The van der Waals surface area contributed by atoms with Gasteiger partial charge in [-0.15, -0.1) is 0 Å². The minimum atomic E-state index is -5.08. The van der Waals surface area contributed by atoms with E-state index in [0.29, 0.717) is 12.3 Å². The molecule has 1 saturated heterocycles. The largest absolute Gasteiger partial charge is 0.497 e. The molecule has 2 aromatic rings. The molecule has 2 aromatic carbocycles. The topological polar surface area (TPSA) is 96.4 Å². The van der Waals surface area contributed by atoms with E-state index in [9.17, 15) is 21.6 Å². The molecule has 2 heterocycles. The highest BCUT2D eigenvalue weighted by Gasteiger charge is 2.42. The summed E-state index contributed by atoms with van der Waals surface area (Å²) < 4.78 is 71.4. The maximum atomic E-state index is 13.3. The van der Waals surface area contributed by atoms with E-state index in [0.717, 1.165) is 38.2 Å². The first-order valence-electron chi connectivity index (χ1n) is 11.4. The Balaban J connectivity index is 0.000000454. The van der Waals surface area contributed by atoms with Crippen molar-refractivity contribution < 1.29 is 41.0 Å². The number of aliphatic carboxylic acids is 1. The van der Waals surface area contributed by atoms with E-state index in [-0.39, 0.29) is 17.0 Å². The van der Waals surface area contributed by atoms with Gasteiger partial charge < -0.3 is 14.6 Å². The Morgan fingerprint density at radius 2 is 1.72 bits per heavy atom. The lowest BCUT2D eigenvalue weighted by molar-refractivity contribution is -0.192. The molecule has 36 heavy (non-hydrogen) atoms. The van der Waals surface area contributed by atoms with Gasteiger partial charge in [0.25, 0.3) is 0 Å². The fraction of sp³-hybridized carbons (Fsp3) is 0.458. The highest BCUT2D eigenvalue weighted by Crippen LogP contribution is 2.36. The van der Waals surface area contributed by atoms with E-state index in [4.69, 9.17) is 19.4 Å². The number of methoxy groups -OCH3 is 1. The molecule has 0 spiro atoms. The summed E-state index contributed by atoms with van der Waals surface area (Å²) in [7, 11) is -1.90. The van der Waals surface area contributed by atoms with E-state index >= 15 is 0 Å². The summed E-state index contributed by atoms with van der Waals surface area (Å²) in [5, 5.41) is 7.12. The lowest BCUT2D eigenvalue weighted by atomic mass is 10.1. The van der Waals surface area contributed by atoms with E-state index in [1.807, 2.05) is 25.1 Å². The molecule has 0 aliphatic carbocycles. The summed E-state index contributed by atoms with van der Waals surface area (Å²) >= 11 is 0. The van der Waals surface area contributed by atoms with Crippen molar-refractivity contribution in [3.8, 4) is 11.5 Å². The Labute approximate surface area is 208 Å². The van der Waals surface area contributed by atoms with E-state index in [1.165, 1.54) is 5.56 Å². The van der Waals surface area contributed by atoms with Crippen LogP contribution in [0.1, 0.15) is 25.3 Å². The van der Waals surface area contributed by atoms with Crippen LogP contribution in [0.2, 0.25) is 0 Å². The second-order valence-corrected chi connectivity index (χ2v) is 10.2. The quantitative estimate of drug-likeness (QED) is 0.643. The number of hydrogen-bond acceptors (Lipinski definition) is 6. The lowest BCUT2D eigenvalue weighted by Gasteiger charge is -2.30. The average molecular weight is 531 g/mol. The molecule has 0 amide bonds. The molecule has 2 aliphatic rings. The maximum absolute atomic E-state index is 13.3. The van der Waals surface area contributed by atoms with E-state index in [2.05, 4.69) is 17.0 Å². The Hall–Kier alpha value is -2.83. The number of carbonyl (C=O) groups is 1. The summed E-state index contributed by atoms with van der Waals surface area (Å²) in [6.45, 7) is 4.88. The first kappa shape index (κ1) is 27.8. The van der Waals surface area contributed by atoms with E-state index < -0.39 is 22.2 Å². The molecule has 2 aliphatic heterocycles. The van der Waals surface area contributed by atoms with Crippen LogP contribution in [0.3, 0.4) is 0 Å². The Morgan fingerprint density at radius 1 is 1.11 bits per heavy atom. The number of nitrogens with zero attached hydrogens (tertiary/aromatic N) is 2. The summed E-state index contributed by atoms with van der Waals surface area (Å²) in [6.07, 6.45) is -3.68. The van der Waals surface area contributed by atoms with Gasteiger partial charge in [-0.2, -0.15) is 17.5 Å². The number of likely N-dealkylation sites (N-methyl/N-ethyl adjacent to an activating group) is 1. The number of sulfonamides is 1. The predicted octanol–water partition coefficient (Wildman–Crippen LogP) is 3.76. The number of rotatable bonds is 4. The predicted molar refractivity (Wildman–Crippen MR) is 125 cm³/mol. The second kappa shape index (κ2) is 11.5. The molecule has 0 aromatic heterocycles. The van der Waals surface area contributed by atoms with Crippen molar-refractivity contribution in [1.82, 2.24) is 9.21 Å². The summed E-state index contributed by atoms with van der Waals surface area (Å²) in [5.41, 5.74) is 1.22. The number of benzene rings is 2. The van der Waals surface area contributed by atoms with Crippen LogP contribution in [0.25, 0.3) is 0 Å². The van der Waals surface area contributed by atoms with Crippen molar-refractivity contribution in [2.24, 2.45) is 0 Å². The number of carboxylic acid groups (broad SMARTS) is 1. The van der Waals surface area contributed by atoms with Crippen molar-refractivity contribution in [2.45, 2.75) is 49.5 Å². The Morgan fingerprint density at radius 3 is 2.31 bits per heavy atom. The van der Waals surface area contributed by atoms with Gasteiger partial charge in [0.05, 0.1) is 13.2 Å². The van der Waals surface area contributed by atoms with Gasteiger partial charge in [0.2, 0.25) is 10.0 Å². The zero-order valence-corrected chi connectivity index (χ0v) is 20.8. The molecule has 0 radical (unpaired) electrons. The van der Waals surface area contributed by atoms with Crippen molar-refractivity contribution in [3.05, 3.63) is 54.1 Å². The monoisotopic (exact) mass is 530 g/mol. The SMILES string of the molecule is CCN1[C@H]2CCN(Cc3ccc(OC)cc3)CC[C@@H]2Oc2ccccc2S1(=O)=O.O=C(O)C(F)(F)F. The van der Waals surface area contributed by atoms with Crippen molar-refractivity contribution >= 4 is 16.0 Å². The third-order valence-corrected chi connectivity index (χ3v) is 8.14. The molecule has 12 heteroatoms. The van der Waals surface area contributed by atoms with Crippen LogP contribution in [0.15, 0.2) is 53.4 Å². The molecule has 4 rings (SSSR count). The standard InChI is InChI=1S/C22H28N2O4S.C2HF3O2/c1-3-24-19-12-14-23(16-17-8-10-18(27-2)11-9-17)15-13-20(19)28-21-6-4-5-7-22(21)29(24,25)26;3-2(4,5)1(6)7/h4-11,19-20H,3,12-16H2,1-2H3;(H,6,7)/t19-,20-;/m0./s1. The molecule has 8 nitrogen and oxygen atoms in total. The molecule has 0 saturated carbocycles. The van der Waals surface area contributed by atoms with Crippen molar-refractivity contribution in [2.75, 3.05) is 26.7 Å². The molecule has 1 N–H and O–H groups in total. The molecule has 1 fully saturated rings. The molecule has 0 unspecified atom stereocenters. The van der Waals surface area contributed by atoms with E-state index in [1.54, 1.807) is 29.6 Å². The average Bonchev–Trinajstić information content (AvgIpc) is 3.07. The van der Waals surface area contributed by atoms with Crippen LogP contribution < -0.4 is 9.47 Å². The number of carboxylic acids is 1. The van der Waals surface area contributed by atoms with Gasteiger partial charge in [0.1, 0.15) is 22.5 Å². The normalized spacial score (nSPS) is 21.9. The molecular formula is C24H29F3N2O6S. The number of likely N-dealkylation sites (tertiary alicyclic amines) is 1.